The zero-order valence-corrected chi connectivity index (χ0v) is 12.2. The van der Waals surface area contributed by atoms with Gasteiger partial charge in [-0.3, -0.25) is 9.59 Å². The third kappa shape index (κ3) is 3.83. The van der Waals surface area contributed by atoms with Crippen LogP contribution in [0.3, 0.4) is 0 Å². The van der Waals surface area contributed by atoms with E-state index in [1.807, 2.05) is 24.3 Å². The number of rotatable bonds is 5. The number of carbonyl (C=O) groups excluding carboxylic acids is 2. The summed E-state index contributed by atoms with van der Waals surface area (Å²) in [5.74, 6) is 0.714. The minimum absolute atomic E-state index is 0.0311. The molecule has 0 atom stereocenters. The molecule has 1 N–H and O–H groups in total. The number of amides is 2. The molecule has 0 unspecified atom stereocenters. The lowest BCUT2D eigenvalue weighted by Gasteiger charge is -2.16. The maximum atomic E-state index is 11.8. The van der Waals surface area contributed by atoms with Gasteiger partial charge in [0.25, 0.3) is 0 Å². The lowest BCUT2D eigenvalue weighted by atomic mass is 10.1. The van der Waals surface area contributed by atoms with Gasteiger partial charge in [0.05, 0.1) is 0 Å². The van der Waals surface area contributed by atoms with Crippen LogP contribution < -0.4 is 10.2 Å². The molecule has 2 rings (SSSR count). The highest BCUT2D eigenvalue weighted by molar-refractivity contribution is 5.97. The van der Waals surface area contributed by atoms with Crippen LogP contribution >= 0.6 is 0 Å². The smallest absolute Gasteiger partial charge is 0.227 e. The maximum Gasteiger partial charge on any atom is 0.227 e. The number of hydrogen-bond acceptors (Lipinski definition) is 2. The van der Waals surface area contributed by atoms with Crippen LogP contribution in [0.4, 0.5) is 11.4 Å². The number of anilines is 2. The van der Waals surface area contributed by atoms with Crippen LogP contribution in [0.15, 0.2) is 24.3 Å². The summed E-state index contributed by atoms with van der Waals surface area (Å²) in [6.45, 7) is 4.98. The highest BCUT2D eigenvalue weighted by Gasteiger charge is 2.21. The van der Waals surface area contributed by atoms with E-state index in [4.69, 9.17) is 0 Å². The fourth-order valence-corrected chi connectivity index (χ4v) is 2.32. The molecule has 0 bridgehead atoms. The van der Waals surface area contributed by atoms with Crippen LogP contribution in [0.2, 0.25) is 0 Å². The largest absolute Gasteiger partial charge is 0.326 e. The van der Waals surface area contributed by atoms with Crippen LogP contribution in [0.25, 0.3) is 0 Å². The lowest BCUT2D eigenvalue weighted by molar-refractivity contribution is -0.117. The molecule has 1 fully saturated rings. The van der Waals surface area contributed by atoms with Gasteiger partial charge in [0.2, 0.25) is 11.8 Å². The van der Waals surface area contributed by atoms with Crippen molar-refractivity contribution in [1.29, 1.82) is 0 Å². The highest BCUT2D eigenvalue weighted by Crippen LogP contribution is 2.24. The number of nitrogens with zero attached hydrogens (tertiary/aromatic N) is 1. The molecule has 0 saturated carbocycles. The van der Waals surface area contributed by atoms with Crippen molar-refractivity contribution >= 4 is 23.2 Å². The molecule has 20 heavy (non-hydrogen) atoms. The summed E-state index contributed by atoms with van der Waals surface area (Å²) < 4.78 is 0. The zero-order chi connectivity index (χ0) is 14.5. The number of nitrogens with one attached hydrogen (secondary N) is 1. The van der Waals surface area contributed by atoms with E-state index in [9.17, 15) is 9.59 Å². The van der Waals surface area contributed by atoms with Crippen molar-refractivity contribution in [2.24, 2.45) is 5.92 Å². The first-order valence-corrected chi connectivity index (χ1v) is 7.26. The summed E-state index contributed by atoms with van der Waals surface area (Å²) in [6.07, 6.45) is 2.94. The van der Waals surface area contributed by atoms with Crippen LogP contribution in [0.5, 0.6) is 0 Å². The first-order chi connectivity index (χ1) is 9.56. The second-order valence-electron chi connectivity index (χ2n) is 5.68. The minimum Gasteiger partial charge on any atom is -0.326 e. The van der Waals surface area contributed by atoms with E-state index in [2.05, 4.69) is 19.2 Å². The van der Waals surface area contributed by atoms with Crippen molar-refractivity contribution in [3.05, 3.63) is 24.3 Å². The van der Waals surface area contributed by atoms with Crippen LogP contribution in [-0.4, -0.2) is 18.4 Å². The first-order valence-electron chi connectivity index (χ1n) is 7.26. The van der Waals surface area contributed by atoms with Crippen LogP contribution in [-0.2, 0) is 9.59 Å². The average molecular weight is 274 g/mol. The van der Waals surface area contributed by atoms with Crippen molar-refractivity contribution < 1.29 is 9.59 Å². The molecule has 1 aliphatic heterocycles. The van der Waals surface area contributed by atoms with E-state index in [1.54, 1.807) is 4.90 Å². The Labute approximate surface area is 120 Å². The molecule has 1 heterocycles. The summed E-state index contributed by atoms with van der Waals surface area (Å²) in [7, 11) is 0. The van der Waals surface area contributed by atoms with Crippen LogP contribution in [0.1, 0.15) is 39.5 Å². The third-order valence-corrected chi connectivity index (χ3v) is 3.46. The van der Waals surface area contributed by atoms with E-state index in [0.29, 0.717) is 18.8 Å². The van der Waals surface area contributed by atoms with Gasteiger partial charge >= 0.3 is 0 Å². The molecule has 0 spiro atoms. The quantitative estimate of drug-likeness (QED) is 0.896. The molecule has 0 radical (unpaired) electrons. The molecule has 1 aromatic rings. The standard InChI is InChI=1S/C16H22N2O2/c1-12(2)8-9-15(19)17-13-5-3-6-14(11-13)18-10-4-7-16(18)20/h3,5-6,11-12H,4,7-10H2,1-2H3,(H,17,19). The van der Waals surface area contributed by atoms with Gasteiger partial charge in [-0.2, -0.15) is 0 Å². The Balaban J connectivity index is 1.99. The summed E-state index contributed by atoms with van der Waals surface area (Å²) >= 11 is 0. The van der Waals surface area contributed by atoms with Crippen LogP contribution in [0, 0.1) is 5.92 Å². The Kier molecular flexibility index (Phi) is 4.77. The predicted molar refractivity (Wildman–Crippen MR) is 80.7 cm³/mol. The Bertz CT molecular complexity index is 497. The fourth-order valence-electron chi connectivity index (χ4n) is 2.32. The molecule has 0 aliphatic carbocycles. The second-order valence-corrected chi connectivity index (χ2v) is 5.68. The molecule has 2 amide bonds. The van der Waals surface area contributed by atoms with Gasteiger partial charge in [0.1, 0.15) is 0 Å². The molecule has 0 aromatic heterocycles. The highest BCUT2D eigenvalue weighted by atomic mass is 16.2. The molecule has 4 heteroatoms. The van der Waals surface area contributed by atoms with Gasteiger partial charge < -0.3 is 10.2 Å². The summed E-state index contributed by atoms with van der Waals surface area (Å²) in [4.78, 5) is 25.3. The first kappa shape index (κ1) is 14.6. The van der Waals surface area contributed by atoms with Gasteiger partial charge in [-0.05, 0) is 37.0 Å². The van der Waals surface area contributed by atoms with Crippen molar-refractivity contribution in [2.45, 2.75) is 39.5 Å². The summed E-state index contributed by atoms with van der Waals surface area (Å²) in [5, 5.41) is 2.90. The molecule has 1 saturated heterocycles. The normalized spacial score (nSPS) is 14.9. The Hall–Kier alpha value is -1.84. The topological polar surface area (TPSA) is 49.4 Å². The number of hydrogen-bond donors (Lipinski definition) is 1. The van der Waals surface area contributed by atoms with Gasteiger partial charge in [0, 0.05) is 30.8 Å². The maximum absolute atomic E-state index is 11.8. The van der Waals surface area contributed by atoms with Crippen molar-refractivity contribution in [3.8, 4) is 0 Å². The number of carbonyl (C=O) groups is 2. The van der Waals surface area contributed by atoms with E-state index in [-0.39, 0.29) is 11.8 Å². The summed E-state index contributed by atoms with van der Waals surface area (Å²) in [5.41, 5.74) is 1.63. The molecule has 1 aliphatic rings. The van der Waals surface area contributed by atoms with E-state index >= 15 is 0 Å². The van der Waals surface area contributed by atoms with E-state index < -0.39 is 0 Å². The second kappa shape index (κ2) is 6.55. The predicted octanol–water partition coefficient (Wildman–Crippen LogP) is 3.19. The Morgan fingerprint density at radius 1 is 1.40 bits per heavy atom. The Morgan fingerprint density at radius 3 is 2.85 bits per heavy atom. The van der Waals surface area contributed by atoms with Gasteiger partial charge in [-0.15, -0.1) is 0 Å². The van der Waals surface area contributed by atoms with Gasteiger partial charge in [0.15, 0.2) is 0 Å². The average Bonchev–Trinajstić information content (AvgIpc) is 2.83. The Morgan fingerprint density at radius 2 is 2.20 bits per heavy atom. The minimum atomic E-state index is 0.0311. The third-order valence-electron chi connectivity index (χ3n) is 3.46. The van der Waals surface area contributed by atoms with E-state index in [0.717, 1.165) is 30.8 Å². The fraction of sp³-hybridized carbons (Fsp3) is 0.500. The van der Waals surface area contributed by atoms with Crippen molar-refractivity contribution in [2.75, 3.05) is 16.8 Å². The monoisotopic (exact) mass is 274 g/mol. The molecular formula is C16H22N2O2. The molecule has 1 aromatic carbocycles. The van der Waals surface area contributed by atoms with Gasteiger partial charge in [-0.25, -0.2) is 0 Å². The van der Waals surface area contributed by atoms with Crippen molar-refractivity contribution in [1.82, 2.24) is 0 Å². The van der Waals surface area contributed by atoms with E-state index in [1.165, 1.54) is 0 Å². The molecule has 108 valence electrons. The molecule has 4 nitrogen and oxygen atoms in total. The lowest BCUT2D eigenvalue weighted by Crippen LogP contribution is -2.23. The van der Waals surface area contributed by atoms with Gasteiger partial charge in [-0.1, -0.05) is 19.9 Å². The van der Waals surface area contributed by atoms with Crippen molar-refractivity contribution in [3.63, 3.8) is 0 Å². The number of benzene rings is 1. The SMILES string of the molecule is CC(C)CCC(=O)Nc1cccc(N2CCCC2=O)c1. The summed E-state index contributed by atoms with van der Waals surface area (Å²) in [6, 6.07) is 7.51. The zero-order valence-electron chi connectivity index (χ0n) is 12.2. The molecular weight excluding hydrogens is 252 g/mol.